The molecule has 1 aromatic rings. The zero-order valence-corrected chi connectivity index (χ0v) is 14.8. The van der Waals surface area contributed by atoms with Crippen molar-refractivity contribution in [3.8, 4) is 0 Å². The SMILES string of the molecule is CCCCCCCCCC(NCC)c1cc(Cl)ccc1C. The lowest BCUT2D eigenvalue weighted by atomic mass is 9.96. The van der Waals surface area contributed by atoms with Crippen LogP contribution in [0, 0.1) is 6.92 Å². The van der Waals surface area contributed by atoms with Gasteiger partial charge in [0.25, 0.3) is 0 Å². The Kier molecular flexibility index (Phi) is 9.78. The average Bonchev–Trinajstić information content (AvgIpc) is 2.48. The van der Waals surface area contributed by atoms with E-state index in [1.54, 1.807) is 0 Å². The molecule has 0 spiro atoms. The largest absolute Gasteiger partial charge is 0.310 e. The highest BCUT2D eigenvalue weighted by atomic mass is 35.5. The van der Waals surface area contributed by atoms with Crippen molar-refractivity contribution < 1.29 is 0 Å². The molecule has 1 nitrogen and oxygen atoms in total. The van der Waals surface area contributed by atoms with Crippen molar-refractivity contribution in [3.63, 3.8) is 0 Å². The van der Waals surface area contributed by atoms with Gasteiger partial charge in [-0.3, -0.25) is 0 Å². The fraction of sp³-hybridized carbons (Fsp3) is 0.684. The number of unbranched alkanes of at least 4 members (excludes halogenated alkanes) is 6. The van der Waals surface area contributed by atoms with Gasteiger partial charge in [-0.2, -0.15) is 0 Å². The Morgan fingerprint density at radius 2 is 1.67 bits per heavy atom. The second kappa shape index (κ2) is 11.1. The van der Waals surface area contributed by atoms with Crippen LogP contribution in [-0.2, 0) is 0 Å². The minimum Gasteiger partial charge on any atom is -0.310 e. The summed E-state index contributed by atoms with van der Waals surface area (Å²) in [6, 6.07) is 6.69. The normalized spacial score (nSPS) is 12.6. The first kappa shape index (κ1) is 18.5. The highest BCUT2D eigenvalue weighted by Gasteiger charge is 2.12. The summed E-state index contributed by atoms with van der Waals surface area (Å²) in [4.78, 5) is 0. The Labute approximate surface area is 136 Å². The predicted molar refractivity (Wildman–Crippen MR) is 95.2 cm³/mol. The molecule has 21 heavy (non-hydrogen) atoms. The Balaban J connectivity index is 2.41. The van der Waals surface area contributed by atoms with Gasteiger partial charge in [0, 0.05) is 11.1 Å². The van der Waals surface area contributed by atoms with E-state index in [0.717, 1.165) is 11.6 Å². The molecular weight excluding hydrogens is 278 g/mol. The maximum atomic E-state index is 6.17. The molecule has 0 saturated heterocycles. The van der Waals surface area contributed by atoms with Crippen LogP contribution in [0.15, 0.2) is 18.2 Å². The number of hydrogen-bond donors (Lipinski definition) is 1. The van der Waals surface area contributed by atoms with E-state index in [1.165, 1.54) is 62.5 Å². The van der Waals surface area contributed by atoms with E-state index < -0.39 is 0 Å². The zero-order chi connectivity index (χ0) is 15.5. The van der Waals surface area contributed by atoms with E-state index in [1.807, 2.05) is 6.07 Å². The van der Waals surface area contributed by atoms with Gasteiger partial charge in [0.2, 0.25) is 0 Å². The summed E-state index contributed by atoms with van der Waals surface area (Å²) in [5.41, 5.74) is 2.71. The van der Waals surface area contributed by atoms with Crippen LogP contribution in [0.5, 0.6) is 0 Å². The Morgan fingerprint density at radius 1 is 1.00 bits per heavy atom. The molecule has 0 aromatic heterocycles. The molecule has 1 unspecified atom stereocenters. The van der Waals surface area contributed by atoms with Crippen molar-refractivity contribution in [1.82, 2.24) is 5.32 Å². The fourth-order valence-electron chi connectivity index (χ4n) is 2.91. The van der Waals surface area contributed by atoms with Crippen molar-refractivity contribution in [3.05, 3.63) is 34.3 Å². The van der Waals surface area contributed by atoms with E-state index in [2.05, 4.69) is 38.2 Å². The van der Waals surface area contributed by atoms with Gasteiger partial charge in [-0.05, 0) is 43.1 Å². The number of nitrogens with one attached hydrogen (secondary N) is 1. The minimum absolute atomic E-state index is 0.448. The molecule has 1 N–H and O–H groups in total. The number of hydrogen-bond acceptors (Lipinski definition) is 1. The van der Waals surface area contributed by atoms with E-state index in [-0.39, 0.29) is 0 Å². The third-order valence-corrected chi connectivity index (χ3v) is 4.40. The van der Waals surface area contributed by atoms with Crippen LogP contribution < -0.4 is 5.32 Å². The highest BCUT2D eigenvalue weighted by Crippen LogP contribution is 2.26. The molecule has 120 valence electrons. The molecule has 1 rings (SSSR count). The molecule has 0 bridgehead atoms. The molecule has 0 fully saturated rings. The molecule has 2 heteroatoms. The second-order valence-corrected chi connectivity index (χ2v) is 6.46. The maximum Gasteiger partial charge on any atom is 0.0409 e. The van der Waals surface area contributed by atoms with Crippen LogP contribution in [0.2, 0.25) is 5.02 Å². The van der Waals surface area contributed by atoms with Gasteiger partial charge in [0.05, 0.1) is 0 Å². The molecule has 1 atom stereocenters. The summed E-state index contributed by atoms with van der Waals surface area (Å²) in [6.45, 7) is 7.64. The van der Waals surface area contributed by atoms with Crippen LogP contribution in [0.25, 0.3) is 0 Å². The van der Waals surface area contributed by atoms with E-state index in [4.69, 9.17) is 11.6 Å². The molecule has 0 radical (unpaired) electrons. The van der Waals surface area contributed by atoms with E-state index in [9.17, 15) is 0 Å². The first-order chi connectivity index (χ1) is 10.2. The van der Waals surface area contributed by atoms with Crippen LogP contribution in [0.3, 0.4) is 0 Å². The molecule has 0 aliphatic rings. The predicted octanol–water partition coefficient (Wildman–Crippen LogP) is 6.44. The zero-order valence-electron chi connectivity index (χ0n) is 14.1. The molecule has 0 saturated carbocycles. The minimum atomic E-state index is 0.448. The summed E-state index contributed by atoms with van der Waals surface area (Å²) < 4.78 is 0. The van der Waals surface area contributed by atoms with E-state index >= 15 is 0 Å². The van der Waals surface area contributed by atoms with Gasteiger partial charge in [-0.15, -0.1) is 0 Å². The summed E-state index contributed by atoms with van der Waals surface area (Å²) in [5, 5.41) is 4.46. The summed E-state index contributed by atoms with van der Waals surface area (Å²) in [6.07, 6.45) is 10.8. The van der Waals surface area contributed by atoms with Crippen LogP contribution in [-0.4, -0.2) is 6.54 Å². The quantitative estimate of drug-likeness (QED) is 0.464. The van der Waals surface area contributed by atoms with Crippen molar-refractivity contribution in [1.29, 1.82) is 0 Å². The first-order valence-electron chi connectivity index (χ1n) is 8.68. The fourth-order valence-corrected chi connectivity index (χ4v) is 3.09. The highest BCUT2D eigenvalue weighted by molar-refractivity contribution is 6.30. The van der Waals surface area contributed by atoms with E-state index in [0.29, 0.717) is 6.04 Å². The molecule has 0 aliphatic heterocycles. The van der Waals surface area contributed by atoms with Crippen molar-refractivity contribution in [2.45, 2.75) is 78.2 Å². The van der Waals surface area contributed by atoms with Crippen LogP contribution in [0.1, 0.15) is 82.4 Å². The topological polar surface area (TPSA) is 12.0 Å². The molecule has 0 amide bonds. The van der Waals surface area contributed by atoms with Crippen molar-refractivity contribution in [2.75, 3.05) is 6.54 Å². The smallest absolute Gasteiger partial charge is 0.0409 e. The number of halogens is 1. The third-order valence-electron chi connectivity index (χ3n) is 4.16. The summed E-state index contributed by atoms with van der Waals surface area (Å²) in [7, 11) is 0. The maximum absolute atomic E-state index is 6.17. The molecule has 0 aliphatic carbocycles. The number of aryl methyl sites for hydroxylation is 1. The van der Waals surface area contributed by atoms with Gasteiger partial charge in [-0.25, -0.2) is 0 Å². The molecule has 1 aromatic carbocycles. The van der Waals surface area contributed by atoms with Crippen molar-refractivity contribution in [2.24, 2.45) is 0 Å². The third kappa shape index (κ3) is 7.33. The Morgan fingerprint density at radius 3 is 2.33 bits per heavy atom. The lowest BCUT2D eigenvalue weighted by Crippen LogP contribution is -2.21. The van der Waals surface area contributed by atoms with Gasteiger partial charge in [-0.1, -0.05) is 76.5 Å². The number of rotatable bonds is 11. The lowest BCUT2D eigenvalue weighted by molar-refractivity contribution is 0.474. The first-order valence-corrected chi connectivity index (χ1v) is 9.06. The Bertz CT molecular complexity index is 389. The van der Waals surface area contributed by atoms with Crippen molar-refractivity contribution >= 4 is 11.6 Å². The summed E-state index contributed by atoms with van der Waals surface area (Å²) >= 11 is 6.17. The van der Waals surface area contributed by atoms with Gasteiger partial charge in [0.1, 0.15) is 0 Å². The van der Waals surface area contributed by atoms with Gasteiger partial charge >= 0.3 is 0 Å². The summed E-state index contributed by atoms with van der Waals surface area (Å²) in [5.74, 6) is 0. The van der Waals surface area contributed by atoms with Gasteiger partial charge < -0.3 is 5.32 Å². The second-order valence-electron chi connectivity index (χ2n) is 6.02. The van der Waals surface area contributed by atoms with Crippen LogP contribution >= 0.6 is 11.6 Å². The average molecular weight is 310 g/mol. The standard InChI is InChI=1S/C19H32ClN/c1-4-6-7-8-9-10-11-12-19(21-5-2)18-15-17(20)14-13-16(18)3/h13-15,19,21H,4-12H2,1-3H3. The monoisotopic (exact) mass is 309 g/mol. The molecular formula is C19H32ClN. The number of benzene rings is 1. The lowest BCUT2D eigenvalue weighted by Gasteiger charge is -2.20. The van der Waals surface area contributed by atoms with Gasteiger partial charge in [0.15, 0.2) is 0 Å². The van der Waals surface area contributed by atoms with Crippen LogP contribution in [0.4, 0.5) is 0 Å². The Hall–Kier alpha value is -0.530. The molecule has 0 heterocycles.